The molecule has 3 aromatic heterocycles. The van der Waals surface area contributed by atoms with E-state index in [1.165, 1.54) is 12.8 Å². The Kier molecular flexibility index (Phi) is 7.68. The molecule has 0 spiro atoms. The van der Waals surface area contributed by atoms with Gasteiger partial charge in [0, 0.05) is 43.5 Å². The van der Waals surface area contributed by atoms with E-state index in [1.54, 1.807) is 23.0 Å². The quantitative estimate of drug-likeness (QED) is 0.363. The molecular formula is C31H38N8O3. The Morgan fingerprint density at radius 2 is 1.98 bits per heavy atom. The first-order valence-corrected chi connectivity index (χ1v) is 14.6. The van der Waals surface area contributed by atoms with Crippen LogP contribution in [0.15, 0.2) is 36.5 Å². The van der Waals surface area contributed by atoms with Gasteiger partial charge >= 0.3 is 0 Å². The van der Waals surface area contributed by atoms with Crippen LogP contribution in [0.2, 0.25) is 0 Å². The third kappa shape index (κ3) is 6.01. The zero-order valence-electron chi connectivity index (χ0n) is 24.7. The van der Waals surface area contributed by atoms with Crippen molar-refractivity contribution in [3.63, 3.8) is 0 Å². The highest BCUT2D eigenvalue weighted by Crippen LogP contribution is 2.41. The Labute approximate surface area is 245 Å². The van der Waals surface area contributed by atoms with Gasteiger partial charge in [0.15, 0.2) is 0 Å². The third-order valence-corrected chi connectivity index (χ3v) is 8.08. The number of amides is 2. The van der Waals surface area contributed by atoms with Crippen LogP contribution >= 0.6 is 0 Å². The number of imidazole rings is 1. The average Bonchev–Trinajstić information content (AvgIpc) is 3.66. The van der Waals surface area contributed by atoms with Gasteiger partial charge < -0.3 is 19.5 Å². The molecule has 2 bridgehead atoms. The molecule has 4 heterocycles. The molecule has 0 radical (unpaired) electrons. The standard InChI is InChI=1S/C31H38N8O3/c1-19-14-22-15-26(33-19)24-17-32-38(4)30(24)42-13-5-6-21(20-7-8-20)18-39-27-16-23(34-28(40)11-12-37(2)3)9-10-25(27)35-31(39)36-29(22)41/h9-10,14-17,20-21H,5-8,11-13,18H2,1-4H3,(H,34,40)(H,35,36,41)/t21-/m1/s1. The van der Waals surface area contributed by atoms with Crippen molar-refractivity contribution in [1.82, 2.24) is 29.2 Å². The number of aromatic nitrogens is 5. The number of hydrogen-bond acceptors (Lipinski definition) is 7. The largest absolute Gasteiger partial charge is 0.477 e. The van der Waals surface area contributed by atoms with Crippen molar-refractivity contribution >= 4 is 34.5 Å². The predicted molar refractivity (Wildman–Crippen MR) is 162 cm³/mol. The maximum atomic E-state index is 13.7. The fourth-order valence-electron chi connectivity index (χ4n) is 5.71. The monoisotopic (exact) mass is 570 g/mol. The lowest BCUT2D eigenvalue weighted by Gasteiger charge is -2.20. The number of pyridine rings is 1. The molecule has 1 aromatic carbocycles. The summed E-state index contributed by atoms with van der Waals surface area (Å²) in [7, 11) is 5.75. The zero-order chi connectivity index (χ0) is 29.4. The number of carbonyl (C=O) groups excluding carboxylic acids is 2. The highest BCUT2D eigenvalue weighted by molar-refractivity contribution is 6.05. The van der Waals surface area contributed by atoms with Crippen LogP contribution in [0.4, 0.5) is 11.6 Å². The van der Waals surface area contributed by atoms with E-state index >= 15 is 0 Å². The number of ether oxygens (including phenoxy) is 1. The summed E-state index contributed by atoms with van der Waals surface area (Å²) in [4.78, 5) is 37.8. The molecule has 11 heteroatoms. The first-order chi connectivity index (χ1) is 20.2. The van der Waals surface area contributed by atoms with Gasteiger partial charge in [0.05, 0.1) is 35.1 Å². The summed E-state index contributed by atoms with van der Waals surface area (Å²) in [5.41, 5.74) is 4.96. The number of benzene rings is 1. The maximum absolute atomic E-state index is 13.7. The fourth-order valence-corrected chi connectivity index (χ4v) is 5.71. The van der Waals surface area contributed by atoms with Crippen LogP contribution < -0.4 is 15.4 Å². The summed E-state index contributed by atoms with van der Waals surface area (Å²) in [6, 6.07) is 9.28. The molecule has 2 aliphatic rings. The summed E-state index contributed by atoms with van der Waals surface area (Å²) in [6.45, 7) is 3.82. The van der Waals surface area contributed by atoms with Crippen LogP contribution in [0.1, 0.15) is 48.2 Å². The Morgan fingerprint density at radius 1 is 1.14 bits per heavy atom. The minimum absolute atomic E-state index is 0.0379. The van der Waals surface area contributed by atoms with E-state index in [2.05, 4.69) is 25.3 Å². The number of fused-ring (bicyclic) bond motifs is 7. The fraction of sp³-hybridized carbons (Fsp3) is 0.452. The minimum Gasteiger partial charge on any atom is -0.477 e. The Bertz CT molecular complexity index is 1630. The predicted octanol–water partition coefficient (Wildman–Crippen LogP) is 4.48. The number of nitrogens with zero attached hydrogens (tertiary/aromatic N) is 6. The van der Waals surface area contributed by atoms with Gasteiger partial charge in [0.25, 0.3) is 5.91 Å². The van der Waals surface area contributed by atoms with E-state index < -0.39 is 0 Å². The molecule has 1 saturated carbocycles. The lowest BCUT2D eigenvalue weighted by molar-refractivity contribution is -0.116. The van der Waals surface area contributed by atoms with Gasteiger partial charge in [-0.25, -0.2) is 9.67 Å². The molecule has 1 aliphatic carbocycles. The number of nitrogens with one attached hydrogen (secondary N) is 2. The van der Waals surface area contributed by atoms with Crippen molar-refractivity contribution in [2.75, 3.05) is 37.9 Å². The second kappa shape index (κ2) is 11.6. The lowest BCUT2D eigenvalue weighted by Crippen LogP contribution is -2.21. The van der Waals surface area contributed by atoms with Crippen LogP contribution in [-0.2, 0) is 18.4 Å². The molecule has 0 unspecified atom stereocenters. The first kappa shape index (κ1) is 27.9. The van der Waals surface area contributed by atoms with Gasteiger partial charge in [-0.3, -0.25) is 19.9 Å². The molecule has 220 valence electrons. The summed E-state index contributed by atoms with van der Waals surface area (Å²) in [5, 5.41) is 10.5. The Balaban J connectivity index is 1.39. The van der Waals surface area contributed by atoms with E-state index in [-0.39, 0.29) is 11.8 Å². The van der Waals surface area contributed by atoms with Crippen LogP contribution in [0.5, 0.6) is 5.88 Å². The third-order valence-electron chi connectivity index (χ3n) is 8.08. The summed E-state index contributed by atoms with van der Waals surface area (Å²) < 4.78 is 10.1. The number of carbonyl (C=O) groups is 2. The lowest BCUT2D eigenvalue weighted by atomic mass is 9.97. The first-order valence-electron chi connectivity index (χ1n) is 14.6. The topological polar surface area (TPSA) is 119 Å². The van der Waals surface area contributed by atoms with Crippen molar-refractivity contribution in [2.24, 2.45) is 18.9 Å². The molecule has 1 fully saturated rings. The van der Waals surface area contributed by atoms with Gasteiger partial charge in [0.1, 0.15) is 0 Å². The molecule has 11 nitrogen and oxygen atoms in total. The van der Waals surface area contributed by atoms with Crippen molar-refractivity contribution in [2.45, 2.75) is 45.6 Å². The number of aryl methyl sites for hydroxylation is 2. The van der Waals surface area contributed by atoms with Gasteiger partial charge in [-0.1, -0.05) is 0 Å². The van der Waals surface area contributed by atoms with Crippen LogP contribution in [0, 0.1) is 18.8 Å². The highest BCUT2D eigenvalue weighted by Gasteiger charge is 2.32. The van der Waals surface area contributed by atoms with E-state index in [9.17, 15) is 9.59 Å². The molecule has 1 atom stereocenters. The SMILES string of the molecule is Cc1cc2cc(n1)-c1cnn(C)c1OCCC[C@@H](C1CC1)Cn1c(nc3ccc(NC(=O)CCN(C)C)cc31)NC2=O. The second-order valence-electron chi connectivity index (χ2n) is 11.8. The van der Waals surface area contributed by atoms with Gasteiger partial charge in [0.2, 0.25) is 17.7 Å². The average molecular weight is 571 g/mol. The molecule has 6 rings (SSSR count). The smallest absolute Gasteiger partial charge is 0.258 e. The summed E-state index contributed by atoms with van der Waals surface area (Å²) >= 11 is 0. The van der Waals surface area contributed by atoms with Gasteiger partial charge in [-0.2, -0.15) is 5.10 Å². The molecule has 42 heavy (non-hydrogen) atoms. The number of rotatable bonds is 5. The summed E-state index contributed by atoms with van der Waals surface area (Å²) in [5.74, 6) is 1.88. The normalized spacial score (nSPS) is 17.5. The van der Waals surface area contributed by atoms with Crippen LogP contribution in [0.3, 0.4) is 0 Å². The molecule has 2 N–H and O–H groups in total. The highest BCUT2D eigenvalue weighted by atomic mass is 16.5. The van der Waals surface area contributed by atoms with Crippen LogP contribution in [0.25, 0.3) is 22.3 Å². The molecule has 4 aromatic rings. The van der Waals surface area contributed by atoms with E-state index in [4.69, 9.17) is 9.72 Å². The van der Waals surface area contributed by atoms with Crippen LogP contribution in [-0.4, -0.2) is 68.3 Å². The molecule has 0 saturated heterocycles. The molecule has 1 aliphatic heterocycles. The van der Waals surface area contributed by atoms with E-state index in [1.807, 2.05) is 51.2 Å². The van der Waals surface area contributed by atoms with E-state index in [0.29, 0.717) is 72.4 Å². The van der Waals surface area contributed by atoms with Crippen molar-refractivity contribution in [3.05, 3.63) is 47.8 Å². The van der Waals surface area contributed by atoms with E-state index in [0.717, 1.165) is 29.4 Å². The Morgan fingerprint density at radius 3 is 2.76 bits per heavy atom. The second-order valence-corrected chi connectivity index (χ2v) is 11.8. The van der Waals surface area contributed by atoms with Crippen molar-refractivity contribution < 1.29 is 14.3 Å². The minimum atomic E-state index is -0.264. The Hall–Kier alpha value is -4.25. The number of anilines is 2. The maximum Gasteiger partial charge on any atom is 0.258 e. The zero-order valence-corrected chi connectivity index (χ0v) is 24.7. The summed E-state index contributed by atoms with van der Waals surface area (Å²) in [6.07, 6.45) is 6.42. The van der Waals surface area contributed by atoms with Crippen molar-refractivity contribution in [1.29, 1.82) is 0 Å². The number of hydrogen-bond donors (Lipinski definition) is 2. The molecular weight excluding hydrogens is 532 g/mol. The van der Waals surface area contributed by atoms with Gasteiger partial charge in [-0.15, -0.1) is 0 Å². The molecule has 2 amide bonds. The van der Waals surface area contributed by atoms with Crippen molar-refractivity contribution in [3.8, 4) is 17.1 Å². The van der Waals surface area contributed by atoms with Gasteiger partial charge in [-0.05, 0) is 88.9 Å².